The Labute approximate surface area is 115 Å². The lowest BCUT2D eigenvalue weighted by Gasteiger charge is -2.17. The summed E-state index contributed by atoms with van der Waals surface area (Å²) in [6.45, 7) is 0.266. The third-order valence-electron chi connectivity index (χ3n) is 3.46. The van der Waals surface area contributed by atoms with Crippen LogP contribution in [0.15, 0.2) is 0 Å². The highest BCUT2D eigenvalue weighted by molar-refractivity contribution is 6.02. The topological polar surface area (TPSA) is 113 Å². The van der Waals surface area contributed by atoms with Crippen molar-refractivity contribution in [2.75, 3.05) is 19.8 Å². The van der Waals surface area contributed by atoms with Crippen LogP contribution >= 0.6 is 0 Å². The number of hydrogen-bond acceptors (Lipinski definition) is 5. The smallest absolute Gasteiger partial charge is 0.311 e. The molecule has 2 aliphatic rings. The van der Waals surface area contributed by atoms with Gasteiger partial charge >= 0.3 is 5.97 Å². The number of carboxylic acids is 1. The highest BCUT2D eigenvalue weighted by atomic mass is 16.5. The van der Waals surface area contributed by atoms with Crippen molar-refractivity contribution in [1.82, 2.24) is 10.2 Å². The third kappa shape index (κ3) is 3.13. The maximum absolute atomic E-state index is 11.7. The molecular weight excluding hydrogens is 268 g/mol. The lowest BCUT2D eigenvalue weighted by Crippen LogP contribution is -2.44. The number of carbonyl (C=O) groups is 4. The summed E-state index contributed by atoms with van der Waals surface area (Å²) in [5.74, 6) is -2.70. The minimum Gasteiger partial charge on any atom is -0.481 e. The second-order valence-corrected chi connectivity index (χ2v) is 4.85. The molecule has 2 saturated heterocycles. The highest BCUT2D eigenvalue weighted by Crippen LogP contribution is 2.15. The summed E-state index contributed by atoms with van der Waals surface area (Å²) < 4.78 is 5.03. The van der Waals surface area contributed by atoms with Crippen LogP contribution in [-0.2, 0) is 23.9 Å². The average molecular weight is 284 g/mol. The van der Waals surface area contributed by atoms with E-state index in [1.165, 1.54) is 0 Å². The van der Waals surface area contributed by atoms with E-state index in [4.69, 9.17) is 9.84 Å². The molecule has 0 saturated carbocycles. The monoisotopic (exact) mass is 284 g/mol. The Morgan fingerprint density at radius 3 is 2.50 bits per heavy atom. The van der Waals surface area contributed by atoms with Crippen molar-refractivity contribution in [3.63, 3.8) is 0 Å². The maximum Gasteiger partial charge on any atom is 0.311 e. The zero-order valence-electron chi connectivity index (χ0n) is 10.8. The van der Waals surface area contributed by atoms with E-state index in [9.17, 15) is 19.2 Å². The Morgan fingerprint density at radius 2 is 1.90 bits per heavy atom. The van der Waals surface area contributed by atoms with Gasteiger partial charge in [-0.1, -0.05) is 0 Å². The molecule has 2 fully saturated rings. The number of carboxylic acid groups (broad SMARTS) is 1. The second-order valence-electron chi connectivity index (χ2n) is 4.85. The first kappa shape index (κ1) is 14.4. The van der Waals surface area contributed by atoms with Crippen LogP contribution in [0.5, 0.6) is 0 Å². The Bertz CT molecular complexity index is 433. The minimum absolute atomic E-state index is 0.0275. The van der Waals surface area contributed by atoms with Gasteiger partial charge in [-0.3, -0.25) is 24.1 Å². The largest absolute Gasteiger partial charge is 0.481 e. The van der Waals surface area contributed by atoms with Crippen LogP contribution in [0.1, 0.15) is 19.3 Å². The molecule has 3 amide bonds. The molecule has 20 heavy (non-hydrogen) atoms. The standard InChI is InChI=1S/C12H16N2O6/c15-9(3-4-14-10(16)1-2-11(14)17)13-8-6-20-5-7(8)12(18)19/h7-8H,1-6H2,(H,13,15)(H,18,19). The van der Waals surface area contributed by atoms with Crippen molar-refractivity contribution in [3.8, 4) is 0 Å². The lowest BCUT2D eigenvalue weighted by molar-refractivity contribution is -0.142. The van der Waals surface area contributed by atoms with E-state index in [0.717, 1.165) is 4.90 Å². The van der Waals surface area contributed by atoms with E-state index in [1.807, 2.05) is 0 Å². The molecule has 110 valence electrons. The van der Waals surface area contributed by atoms with Crippen LogP contribution < -0.4 is 5.32 Å². The SMILES string of the molecule is O=C(CCN1C(=O)CCC1=O)NC1COCC1C(=O)O. The molecule has 0 spiro atoms. The van der Waals surface area contributed by atoms with Crippen LogP contribution in [0, 0.1) is 5.92 Å². The van der Waals surface area contributed by atoms with Gasteiger partial charge in [0.15, 0.2) is 0 Å². The van der Waals surface area contributed by atoms with Crippen LogP contribution in [0.2, 0.25) is 0 Å². The zero-order chi connectivity index (χ0) is 14.7. The lowest BCUT2D eigenvalue weighted by atomic mass is 10.0. The van der Waals surface area contributed by atoms with Crippen molar-refractivity contribution < 1.29 is 29.0 Å². The zero-order valence-corrected chi connectivity index (χ0v) is 10.8. The fraction of sp³-hybridized carbons (Fsp3) is 0.667. The molecule has 2 unspecified atom stereocenters. The molecule has 2 N–H and O–H groups in total. The summed E-state index contributed by atoms with van der Waals surface area (Å²) in [7, 11) is 0. The molecule has 2 atom stereocenters. The van der Waals surface area contributed by atoms with Crippen LogP contribution in [-0.4, -0.2) is 59.5 Å². The summed E-state index contributed by atoms with van der Waals surface area (Å²) in [4.78, 5) is 46.4. The maximum atomic E-state index is 11.7. The number of hydrogen-bond donors (Lipinski definition) is 2. The van der Waals surface area contributed by atoms with Gasteiger partial charge in [0.1, 0.15) is 5.92 Å². The number of imide groups is 1. The number of carbonyl (C=O) groups excluding carboxylic acids is 3. The number of amides is 3. The first-order valence-electron chi connectivity index (χ1n) is 6.42. The highest BCUT2D eigenvalue weighted by Gasteiger charge is 2.35. The van der Waals surface area contributed by atoms with Crippen molar-refractivity contribution in [3.05, 3.63) is 0 Å². The van der Waals surface area contributed by atoms with E-state index >= 15 is 0 Å². The van der Waals surface area contributed by atoms with Gasteiger partial charge < -0.3 is 15.2 Å². The Kier molecular flexibility index (Phi) is 4.33. The minimum atomic E-state index is -1.02. The molecule has 0 radical (unpaired) electrons. The van der Waals surface area contributed by atoms with Crippen LogP contribution in [0.4, 0.5) is 0 Å². The van der Waals surface area contributed by atoms with E-state index in [0.29, 0.717) is 0 Å². The number of aliphatic carboxylic acids is 1. The van der Waals surface area contributed by atoms with Gasteiger partial charge in [0.2, 0.25) is 17.7 Å². The molecule has 8 heteroatoms. The molecule has 0 aromatic heterocycles. The Balaban J connectivity index is 1.79. The number of ether oxygens (including phenoxy) is 1. The Hall–Kier alpha value is -1.96. The molecule has 8 nitrogen and oxygen atoms in total. The number of likely N-dealkylation sites (tertiary alicyclic amines) is 1. The number of nitrogens with one attached hydrogen (secondary N) is 1. The van der Waals surface area contributed by atoms with Gasteiger partial charge in [0.05, 0.1) is 19.3 Å². The van der Waals surface area contributed by atoms with Gasteiger partial charge in [-0.15, -0.1) is 0 Å². The first-order valence-corrected chi connectivity index (χ1v) is 6.42. The summed E-state index contributed by atoms with van der Waals surface area (Å²) >= 11 is 0. The summed E-state index contributed by atoms with van der Waals surface area (Å²) in [5, 5.41) is 11.5. The quantitative estimate of drug-likeness (QED) is 0.609. The molecule has 0 bridgehead atoms. The van der Waals surface area contributed by atoms with Gasteiger partial charge in [-0.2, -0.15) is 0 Å². The van der Waals surface area contributed by atoms with Gasteiger partial charge in [-0.25, -0.2) is 0 Å². The molecule has 2 heterocycles. The fourth-order valence-electron chi connectivity index (χ4n) is 2.30. The first-order chi connectivity index (χ1) is 9.49. The number of rotatable bonds is 5. The van der Waals surface area contributed by atoms with Crippen molar-refractivity contribution >= 4 is 23.7 Å². The van der Waals surface area contributed by atoms with E-state index in [1.54, 1.807) is 0 Å². The number of nitrogens with zero attached hydrogens (tertiary/aromatic N) is 1. The van der Waals surface area contributed by atoms with Gasteiger partial charge in [-0.05, 0) is 0 Å². The molecule has 0 aromatic carbocycles. The summed E-state index contributed by atoms with van der Waals surface area (Å²) in [6, 6.07) is -0.565. The van der Waals surface area contributed by atoms with E-state index < -0.39 is 17.9 Å². The fourth-order valence-corrected chi connectivity index (χ4v) is 2.30. The summed E-state index contributed by atoms with van der Waals surface area (Å²) in [5.41, 5.74) is 0. The average Bonchev–Trinajstić information content (AvgIpc) is 2.95. The van der Waals surface area contributed by atoms with Gasteiger partial charge in [0.25, 0.3) is 0 Å². The second kappa shape index (κ2) is 6.00. The molecular formula is C12H16N2O6. The third-order valence-corrected chi connectivity index (χ3v) is 3.46. The van der Waals surface area contributed by atoms with Crippen LogP contribution in [0.3, 0.4) is 0 Å². The van der Waals surface area contributed by atoms with Gasteiger partial charge in [0, 0.05) is 25.8 Å². The molecule has 2 aliphatic heterocycles. The van der Waals surface area contributed by atoms with E-state index in [-0.39, 0.29) is 56.7 Å². The predicted molar refractivity (Wildman–Crippen MR) is 64.4 cm³/mol. The van der Waals surface area contributed by atoms with Crippen molar-refractivity contribution in [1.29, 1.82) is 0 Å². The van der Waals surface area contributed by atoms with Crippen molar-refractivity contribution in [2.45, 2.75) is 25.3 Å². The summed E-state index contributed by atoms with van der Waals surface area (Å²) in [6.07, 6.45) is 0.357. The van der Waals surface area contributed by atoms with E-state index in [2.05, 4.69) is 5.32 Å². The Morgan fingerprint density at radius 1 is 1.25 bits per heavy atom. The predicted octanol–water partition coefficient (Wildman–Crippen LogP) is -1.26. The molecule has 2 rings (SSSR count). The molecule has 0 aromatic rings. The van der Waals surface area contributed by atoms with Crippen LogP contribution in [0.25, 0.3) is 0 Å². The molecule has 0 aliphatic carbocycles. The van der Waals surface area contributed by atoms with Crippen molar-refractivity contribution in [2.24, 2.45) is 5.92 Å². The normalized spacial score (nSPS) is 26.1.